The third-order valence-electron chi connectivity index (χ3n) is 6.22. The highest BCUT2D eigenvalue weighted by molar-refractivity contribution is 7.20. The van der Waals surface area contributed by atoms with Gasteiger partial charge in [0.15, 0.2) is 0 Å². The molecule has 1 aromatic heterocycles. The van der Waals surface area contributed by atoms with Crippen LogP contribution in [0.4, 0.5) is 0 Å². The number of hydrogen-bond acceptors (Lipinski definition) is 4. The summed E-state index contributed by atoms with van der Waals surface area (Å²) in [5.41, 5.74) is 0.288. The fraction of sp³-hybridized carbons (Fsp3) is 0.526. The van der Waals surface area contributed by atoms with Crippen molar-refractivity contribution >= 4 is 27.3 Å². The third kappa shape index (κ3) is 2.11. The molecule has 126 valence electrons. The Hall–Kier alpha value is -1.59. The fourth-order valence-corrected chi connectivity index (χ4v) is 5.78. The lowest BCUT2D eigenvalue weighted by Gasteiger charge is -2.52. The van der Waals surface area contributed by atoms with Crippen LogP contribution in [-0.4, -0.2) is 42.6 Å². The Kier molecular flexibility index (Phi) is 3.19. The van der Waals surface area contributed by atoms with Gasteiger partial charge in [-0.15, -0.1) is 11.3 Å². The Morgan fingerprint density at radius 3 is 2.79 bits per heavy atom. The summed E-state index contributed by atoms with van der Waals surface area (Å²) in [5, 5.41) is 4.52. The van der Waals surface area contributed by atoms with Crippen molar-refractivity contribution in [1.29, 1.82) is 0 Å². The number of piperidine rings is 3. The number of thiophene rings is 1. The molecular formula is C19H22N2O2S. The topological polar surface area (TPSA) is 41.6 Å². The van der Waals surface area contributed by atoms with Crippen LogP contribution in [-0.2, 0) is 0 Å². The van der Waals surface area contributed by atoms with Crippen LogP contribution in [0.5, 0.6) is 5.75 Å². The third-order valence-corrected chi connectivity index (χ3v) is 7.32. The standard InChI is InChI=1S/C19H22N2O2S/c1-23-14-3-2-13-10-16(24-15(13)11-14)18(22)20-17-12-4-8-21(9-5-12)19(17)6-7-19/h2-3,10-12,17H,4-9H2,1H3,(H,20,22)/t17-/m0/s1. The molecule has 2 aromatic rings. The second kappa shape index (κ2) is 5.20. The Balaban J connectivity index is 1.40. The van der Waals surface area contributed by atoms with E-state index in [0.29, 0.717) is 12.0 Å². The smallest absolute Gasteiger partial charge is 0.261 e. The highest BCUT2D eigenvalue weighted by Gasteiger charge is 2.60. The van der Waals surface area contributed by atoms with E-state index in [9.17, 15) is 4.79 Å². The van der Waals surface area contributed by atoms with E-state index in [1.165, 1.54) is 38.8 Å². The predicted molar refractivity (Wildman–Crippen MR) is 95.9 cm³/mol. The molecular weight excluding hydrogens is 320 g/mol. The molecule has 24 heavy (non-hydrogen) atoms. The Labute approximate surface area is 145 Å². The van der Waals surface area contributed by atoms with Crippen molar-refractivity contribution in [2.45, 2.75) is 37.3 Å². The van der Waals surface area contributed by atoms with Crippen LogP contribution >= 0.6 is 11.3 Å². The zero-order valence-electron chi connectivity index (χ0n) is 13.9. The molecule has 1 saturated carbocycles. The van der Waals surface area contributed by atoms with Gasteiger partial charge in [-0.2, -0.15) is 0 Å². The first-order chi connectivity index (χ1) is 11.7. The van der Waals surface area contributed by atoms with Crippen LogP contribution in [0.3, 0.4) is 0 Å². The Morgan fingerprint density at radius 1 is 1.29 bits per heavy atom. The maximum absolute atomic E-state index is 12.9. The molecule has 3 aliphatic heterocycles. The maximum Gasteiger partial charge on any atom is 0.261 e. The molecule has 4 nitrogen and oxygen atoms in total. The average molecular weight is 342 g/mol. The number of benzene rings is 1. The number of rotatable bonds is 3. The molecule has 4 fully saturated rings. The number of methoxy groups -OCH3 is 1. The first kappa shape index (κ1) is 14.7. The lowest BCUT2D eigenvalue weighted by Crippen LogP contribution is -2.65. The normalized spacial score (nSPS) is 29.8. The molecule has 6 rings (SSSR count). The van der Waals surface area contributed by atoms with Crippen molar-refractivity contribution in [3.63, 3.8) is 0 Å². The lowest BCUT2D eigenvalue weighted by molar-refractivity contribution is -0.00138. The van der Waals surface area contributed by atoms with E-state index in [4.69, 9.17) is 4.74 Å². The van der Waals surface area contributed by atoms with E-state index >= 15 is 0 Å². The first-order valence-corrected chi connectivity index (χ1v) is 9.65. The minimum Gasteiger partial charge on any atom is -0.497 e. The van der Waals surface area contributed by atoms with Gasteiger partial charge in [0.05, 0.1) is 18.0 Å². The number of carbonyl (C=O) groups is 1. The molecule has 0 radical (unpaired) electrons. The second-order valence-corrected chi connectivity index (χ2v) is 8.48. The number of ether oxygens (including phenoxy) is 1. The molecule has 1 amide bonds. The van der Waals surface area contributed by atoms with E-state index in [0.717, 1.165) is 20.7 Å². The van der Waals surface area contributed by atoms with Crippen molar-refractivity contribution in [2.75, 3.05) is 20.2 Å². The number of carbonyl (C=O) groups excluding carboxylic acids is 1. The molecule has 1 atom stereocenters. The number of fused-ring (bicyclic) bond motifs is 3. The largest absolute Gasteiger partial charge is 0.497 e. The van der Waals surface area contributed by atoms with Crippen LogP contribution < -0.4 is 10.1 Å². The minimum absolute atomic E-state index is 0.0974. The van der Waals surface area contributed by atoms with Crippen molar-refractivity contribution in [2.24, 2.45) is 5.92 Å². The molecule has 3 saturated heterocycles. The monoisotopic (exact) mass is 342 g/mol. The van der Waals surface area contributed by atoms with Gasteiger partial charge in [0, 0.05) is 10.2 Å². The molecule has 4 aliphatic rings. The number of nitrogens with zero attached hydrogens (tertiary/aromatic N) is 1. The summed E-state index contributed by atoms with van der Waals surface area (Å²) in [6.45, 7) is 2.44. The highest BCUT2D eigenvalue weighted by Crippen LogP contribution is 2.53. The predicted octanol–water partition coefficient (Wildman–Crippen LogP) is 3.27. The first-order valence-electron chi connectivity index (χ1n) is 8.83. The lowest BCUT2D eigenvalue weighted by atomic mass is 9.77. The van der Waals surface area contributed by atoms with Gasteiger partial charge in [0.25, 0.3) is 5.91 Å². The van der Waals surface area contributed by atoms with Crippen LogP contribution in [0.15, 0.2) is 24.3 Å². The van der Waals surface area contributed by atoms with Gasteiger partial charge < -0.3 is 10.1 Å². The maximum atomic E-state index is 12.9. The summed E-state index contributed by atoms with van der Waals surface area (Å²) >= 11 is 1.56. The van der Waals surface area contributed by atoms with Crippen LogP contribution in [0.1, 0.15) is 35.4 Å². The van der Waals surface area contributed by atoms with E-state index < -0.39 is 0 Å². The van der Waals surface area contributed by atoms with Crippen LogP contribution in [0, 0.1) is 5.92 Å². The van der Waals surface area contributed by atoms with Gasteiger partial charge in [-0.25, -0.2) is 0 Å². The van der Waals surface area contributed by atoms with E-state index in [1.54, 1.807) is 18.4 Å². The number of amides is 1. The quantitative estimate of drug-likeness (QED) is 0.931. The highest BCUT2D eigenvalue weighted by atomic mass is 32.1. The Morgan fingerprint density at radius 2 is 2.08 bits per heavy atom. The number of nitrogens with one attached hydrogen (secondary N) is 1. The van der Waals surface area contributed by atoms with Crippen LogP contribution in [0.2, 0.25) is 0 Å². The summed E-state index contributed by atoms with van der Waals surface area (Å²) < 4.78 is 6.39. The van der Waals surface area contributed by atoms with E-state index in [-0.39, 0.29) is 11.4 Å². The summed E-state index contributed by atoms with van der Waals surface area (Å²) in [6.07, 6.45) is 4.96. The van der Waals surface area contributed by atoms with Crippen molar-refractivity contribution in [3.8, 4) is 5.75 Å². The summed E-state index contributed by atoms with van der Waals surface area (Å²) in [4.78, 5) is 16.3. The average Bonchev–Trinajstić information content (AvgIpc) is 3.27. The zero-order chi connectivity index (χ0) is 16.3. The molecule has 1 aliphatic carbocycles. The summed E-state index contributed by atoms with van der Waals surface area (Å²) in [6, 6.07) is 8.33. The van der Waals surface area contributed by atoms with Gasteiger partial charge >= 0.3 is 0 Å². The molecule has 1 aromatic carbocycles. The molecule has 2 bridgehead atoms. The molecule has 1 N–H and O–H groups in total. The molecule has 1 spiro atoms. The van der Waals surface area contributed by atoms with Gasteiger partial charge in [-0.3, -0.25) is 9.69 Å². The van der Waals surface area contributed by atoms with Gasteiger partial charge in [0.2, 0.25) is 0 Å². The molecule has 0 unspecified atom stereocenters. The van der Waals surface area contributed by atoms with Gasteiger partial charge in [0.1, 0.15) is 5.75 Å². The summed E-state index contributed by atoms with van der Waals surface area (Å²) in [7, 11) is 1.67. The van der Waals surface area contributed by atoms with Gasteiger partial charge in [-0.05, 0) is 74.3 Å². The summed E-state index contributed by atoms with van der Waals surface area (Å²) in [5.74, 6) is 1.60. The fourth-order valence-electron chi connectivity index (χ4n) is 4.78. The van der Waals surface area contributed by atoms with Gasteiger partial charge in [-0.1, -0.05) is 0 Å². The molecule has 5 heteroatoms. The zero-order valence-corrected chi connectivity index (χ0v) is 14.7. The number of hydrogen-bond donors (Lipinski definition) is 1. The molecule has 4 heterocycles. The SMILES string of the molecule is COc1ccc2cc(C(=O)N[C@H]3C4CCN(CC4)C34CC4)sc2c1. The van der Waals surface area contributed by atoms with Crippen molar-refractivity contribution < 1.29 is 9.53 Å². The van der Waals surface area contributed by atoms with Crippen LogP contribution in [0.25, 0.3) is 10.1 Å². The minimum atomic E-state index is 0.0974. The van der Waals surface area contributed by atoms with E-state index in [2.05, 4.69) is 10.2 Å². The van der Waals surface area contributed by atoms with Crippen molar-refractivity contribution in [3.05, 3.63) is 29.1 Å². The van der Waals surface area contributed by atoms with E-state index in [1.807, 2.05) is 24.3 Å². The Bertz CT molecular complexity index is 803. The van der Waals surface area contributed by atoms with Crippen molar-refractivity contribution in [1.82, 2.24) is 10.2 Å². The second-order valence-electron chi connectivity index (χ2n) is 7.39.